The summed E-state index contributed by atoms with van der Waals surface area (Å²) >= 11 is 6.04. The summed E-state index contributed by atoms with van der Waals surface area (Å²) < 4.78 is 5.07. The van der Waals surface area contributed by atoms with Crippen LogP contribution in [-0.4, -0.2) is 27.1 Å². The maximum absolute atomic E-state index is 12.3. The van der Waals surface area contributed by atoms with Crippen molar-refractivity contribution in [1.29, 1.82) is 5.26 Å². The highest BCUT2D eigenvalue weighted by atomic mass is 35.5. The standard InChI is InChI=1S/C19H19ClN4O2/c1-24(2)16-6-4-5-14(9-16)22-12-13(11-21)19(25)23-15-7-8-18(26-3)17(20)10-15/h4-10,12,22H,1-3H3,(H,23,25)/b13-12-. The summed E-state index contributed by atoms with van der Waals surface area (Å²) in [6, 6.07) is 14.3. The fourth-order valence-corrected chi connectivity index (χ4v) is 2.38. The first-order valence-corrected chi connectivity index (χ1v) is 8.11. The zero-order valence-electron chi connectivity index (χ0n) is 14.7. The van der Waals surface area contributed by atoms with Crippen LogP contribution in [0.15, 0.2) is 54.2 Å². The van der Waals surface area contributed by atoms with Crippen molar-refractivity contribution in [2.45, 2.75) is 0 Å². The maximum Gasteiger partial charge on any atom is 0.267 e. The second-order valence-corrected chi connectivity index (χ2v) is 5.97. The number of ether oxygens (including phenoxy) is 1. The number of halogens is 1. The molecule has 1 amide bonds. The molecule has 0 aliphatic carbocycles. The third-order valence-corrected chi connectivity index (χ3v) is 3.82. The highest BCUT2D eigenvalue weighted by Crippen LogP contribution is 2.27. The smallest absolute Gasteiger partial charge is 0.267 e. The summed E-state index contributed by atoms with van der Waals surface area (Å²) in [5.74, 6) is -0.0341. The van der Waals surface area contributed by atoms with Gasteiger partial charge in [0.05, 0.1) is 12.1 Å². The van der Waals surface area contributed by atoms with Gasteiger partial charge in [0.25, 0.3) is 5.91 Å². The van der Waals surface area contributed by atoms with E-state index in [4.69, 9.17) is 16.3 Å². The van der Waals surface area contributed by atoms with Gasteiger partial charge in [0.2, 0.25) is 0 Å². The van der Waals surface area contributed by atoms with Crippen molar-refractivity contribution in [2.24, 2.45) is 0 Å². The summed E-state index contributed by atoms with van der Waals surface area (Å²) in [5, 5.41) is 15.2. The molecule has 0 unspecified atom stereocenters. The van der Waals surface area contributed by atoms with Crippen LogP contribution in [0.1, 0.15) is 0 Å². The van der Waals surface area contributed by atoms with E-state index < -0.39 is 5.91 Å². The molecule has 0 atom stereocenters. The predicted molar refractivity (Wildman–Crippen MR) is 105 cm³/mol. The Balaban J connectivity index is 2.11. The van der Waals surface area contributed by atoms with E-state index in [1.165, 1.54) is 13.3 Å². The van der Waals surface area contributed by atoms with E-state index in [0.717, 1.165) is 11.4 Å². The van der Waals surface area contributed by atoms with Gasteiger partial charge in [-0.2, -0.15) is 5.26 Å². The summed E-state index contributed by atoms with van der Waals surface area (Å²) in [6.07, 6.45) is 1.37. The highest BCUT2D eigenvalue weighted by molar-refractivity contribution is 6.32. The third-order valence-electron chi connectivity index (χ3n) is 3.52. The molecular weight excluding hydrogens is 352 g/mol. The van der Waals surface area contributed by atoms with Gasteiger partial charge < -0.3 is 20.3 Å². The van der Waals surface area contributed by atoms with Gasteiger partial charge in [-0.3, -0.25) is 4.79 Å². The molecule has 0 spiro atoms. The zero-order valence-corrected chi connectivity index (χ0v) is 15.5. The lowest BCUT2D eigenvalue weighted by molar-refractivity contribution is -0.112. The van der Waals surface area contributed by atoms with Crippen LogP contribution in [0.25, 0.3) is 0 Å². The van der Waals surface area contributed by atoms with Crippen LogP contribution in [0.4, 0.5) is 17.1 Å². The normalized spacial score (nSPS) is 10.7. The largest absolute Gasteiger partial charge is 0.495 e. The topological polar surface area (TPSA) is 77.4 Å². The minimum absolute atomic E-state index is 0.0628. The average molecular weight is 371 g/mol. The van der Waals surface area contributed by atoms with Gasteiger partial charge in [-0.25, -0.2) is 0 Å². The first-order chi connectivity index (χ1) is 12.4. The Bertz CT molecular complexity index is 872. The molecule has 26 heavy (non-hydrogen) atoms. The molecule has 2 aromatic carbocycles. The molecule has 0 aliphatic heterocycles. The van der Waals surface area contributed by atoms with Crippen molar-refractivity contribution < 1.29 is 9.53 Å². The van der Waals surface area contributed by atoms with Crippen LogP contribution >= 0.6 is 11.6 Å². The third kappa shape index (κ3) is 4.91. The fourth-order valence-electron chi connectivity index (χ4n) is 2.12. The SMILES string of the molecule is COc1ccc(NC(=O)/C(C#N)=C\Nc2cccc(N(C)C)c2)cc1Cl. The van der Waals surface area contributed by atoms with Gasteiger partial charge in [0.1, 0.15) is 17.4 Å². The Kier molecular flexibility index (Phi) is 6.48. The van der Waals surface area contributed by atoms with E-state index in [2.05, 4.69) is 10.6 Å². The molecule has 134 valence electrons. The summed E-state index contributed by atoms with van der Waals surface area (Å²) in [4.78, 5) is 14.2. The van der Waals surface area contributed by atoms with E-state index in [-0.39, 0.29) is 5.57 Å². The number of carbonyl (C=O) groups is 1. The quantitative estimate of drug-likeness (QED) is 0.596. The van der Waals surface area contributed by atoms with Gasteiger partial charge in [0.15, 0.2) is 0 Å². The van der Waals surface area contributed by atoms with Crippen molar-refractivity contribution in [1.82, 2.24) is 0 Å². The van der Waals surface area contributed by atoms with Crippen LogP contribution in [0.2, 0.25) is 5.02 Å². The first kappa shape index (κ1) is 19.2. The summed E-state index contributed by atoms with van der Waals surface area (Å²) in [5.41, 5.74) is 2.17. The van der Waals surface area contributed by atoms with Crippen LogP contribution in [0.5, 0.6) is 5.75 Å². The first-order valence-electron chi connectivity index (χ1n) is 7.73. The second-order valence-electron chi connectivity index (χ2n) is 5.56. The Morgan fingerprint density at radius 2 is 2.00 bits per heavy atom. The van der Waals surface area contributed by atoms with Gasteiger partial charge >= 0.3 is 0 Å². The number of anilines is 3. The molecule has 2 N–H and O–H groups in total. The summed E-state index contributed by atoms with van der Waals surface area (Å²) in [6.45, 7) is 0. The lowest BCUT2D eigenvalue weighted by Crippen LogP contribution is -2.14. The molecule has 0 saturated heterocycles. The lowest BCUT2D eigenvalue weighted by Gasteiger charge is -2.13. The lowest BCUT2D eigenvalue weighted by atomic mass is 10.2. The number of carbonyl (C=O) groups excluding carboxylic acids is 1. The van der Waals surface area contributed by atoms with E-state index in [0.29, 0.717) is 16.5 Å². The summed E-state index contributed by atoms with van der Waals surface area (Å²) in [7, 11) is 5.37. The van der Waals surface area contributed by atoms with Crippen molar-refractivity contribution in [3.63, 3.8) is 0 Å². The van der Waals surface area contributed by atoms with Crippen molar-refractivity contribution in [3.05, 3.63) is 59.3 Å². The molecule has 0 aliphatic rings. The number of hydrogen-bond acceptors (Lipinski definition) is 5. The Hall–Kier alpha value is -3.17. The highest BCUT2D eigenvalue weighted by Gasteiger charge is 2.11. The van der Waals surface area contributed by atoms with Gasteiger partial charge in [0, 0.05) is 37.4 Å². The van der Waals surface area contributed by atoms with Crippen LogP contribution in [0, 0.1) is 11.3 Å². The molecule has 2 aromatic rings. The Morgan fingerprint density at radius 1 is 1.23 bits per heavy atom. The molecular formula is C19H19ClN4O2. The second kappa shape index (κ2) is 8.79. The number of methoxy groups -OCH3 is 1. The molecule has 2 rings (SSSR count). The molecule has 0 saturated carbocycles. The van der Waals surface area contributed by atoms with Crippen molar-refractivity contribution in [3.8, 4) is 11.8 Å². The van der Waals surface area contributed by atoms with Crippen molar-refractivity contribution in [2.75, 3.05) is 36.7 Å². The zero-order chi connectivity index (χ0) is 19.1. The number of nitrogens with zero attached hydrogens (tertiary/aromatic N) is 2. The number of hydrogen-bond donors (Lipinski definition) is 2. The predicted octanol–water partition coefficient (Wildman–Crippen LogP) is 3.87. The van der Waals surface area contributed by atoms with Gasteiger partial charge in [-0.05, 0) is 36.4 Å². The molecule has 0 radical (unpaired) electrons. The maximum atomic E-state index is 12.3. The molecule has 0 aromatic heterocycles. The molecule has 0 heterocycles. The van der Waals surface area contributed by atoms with Gasteiger partial charge in [-0.1, -0.05) is 17.7 Å². The average Bonchev–Trinajstić information content (AvgIpc) is 2.62. The van der Waals surface area contributed by atoms with Crippen LogP contribution in [0.3, 0.4) is 0 Å². The number of rotatable bonds is 6. The van der Waals surface area contributed by atoms with Crippen molar-refractivity contribution >= 4 is 34.6 Å². The number of nitriles is 1. The Morgan fingerprint density at radius 3 is 2.62 bits per heavy atom. The van der Waals surface area contributed by atoms with E-state index in [1.807, 2.05) is 49.3 Å². The minimum atomic E-state index is -0.537. The monoisotopic (exact) mass is 370 g/mol. The molecule has 0 fully saturated rings. The van der Waals surface area contributed by atoms with Crippen LogP contribution in [-0.2, 0) is 4.79 Å². The number of nitrogens with one attached hydrogen (secondary N) is 2. The molecule has 7 heteroatoms. The molecule has 6 nitrogen and oxygen atoms in total. The minimum Gasteiger partial charge on any atom is -0.495 e. The van der Waals surface area contributed by atoms with Gasteiger partial charge in [-0.15, -0.1) is 0 Å². The van der Waals surface area contributed by atoms with E-state index >= 15 is 0 Å². The van der Waals surface area contributed by atoms with E-state index in [1.54, 1.807) is 18.2 Å². The van der Waals surface area contributed by atoms with E-state index in [9.17, 15) is 10.1 Å². The van der Waals surface area contributed by atoms with Crippen LogP contribution < -0.4 is 20.3 Å². The molecule has 0 bridgehead atoms. The number of benzene rings is 2. The fraction of sp³-hybridized carbons (Fsp3) is 0.158. The Labute approximate surface area is 157 Å². The number of amides is 1.